The Labute approximate surface area is 131 Å². The molecule has 1 N–H and O–H groups in total. The number of rotatable bonds is 8. The summed E-state index contributed by atoms with van der Waals surface area (Å²) in [5.41, 5.74) is 1.51. The second-order valence-electron chi connectivity index (χ2n) is 4.57. The van der Waals surface area contributed by atoms with Crippen LogP contribution in [0.2, 0.25) is 0 Å². The number of ether oxygens (including phenoxy) is 2. The third-order valence-corrected chi connectivity index (χ3v) is 3.47. The minimum absolute atomic E-state index is 0.425. The highest BCUT2D eigenvalue weighted by Crippen LogP contribution is 2.26. The summed E-state index contributed by atoms with van der Waals surface area (Å²) in [6.07, 6.45) is -1.85. The van der Waals surface area contributed by atoms with Gasteiger partial charge >= 0.3 is 0 Å². The molecular weight excluding hydrogens is 312 g/mol. The molecule has 0 amide bonds. The van der Waals surface area contributed by atoms with Crippen molar-refractivity contribution in [3.05, 3.63) is 29.6 Å². The molecule has 1 aromatic carbocycles. The number of hydrogen-bond donors (Lipinski definition) is 1. The normalized spacial score (nSPS) is 11.0. The second kappa shape index (κ2) is 8.00. The van der Waals surface area contributed by atoms with Gasteiger partial charge in [-0.25, -0.2) is 13.8 Å². The number of alkyl halides is 2. The van der Waals surface area contributed by atoms with Gasteiger partial charge in [0, 0.05) is 36.8 Å². The minimum Gasteiger partial charge on any atom is -0.487 e. The molecule has 2 rings (SSSR count). The van der Waals surface area contributed by atoms with Crippen LogP contribution in [-0.4, -0.2) is 36.1 Å². The molecule has 0 saturated heterocycles. The van der Waals surface area contributed by atoms with Crippen LogP contribution in [0.15, 0.2) is 18.2 Å². The Hall–Kier alpha value is -1.80. The fourth-order valence-corrected chi connectivity index (χ4v) is 2.34. The highest BCUT2D eigenvalue weighted by Gasteiger charge is 2.08. The molecule has 0 aliphatic rings. The Morgan fingerprint density at radius 3 is 2.91 bits per heavy atom. The summed E-state index contributed by atoms with van der Waals surface area (Å²) in [5.74, 6) is 1.13. The van der Waals surface area contributed by atoms with Gasteiger partial charge in [0.2, 0.25) is 5.13 Å². The van der Waals surface area contributed by atoms with E-state index in [0.29, 0.717) is 35.4 Å². The summed E-state index contributed by atoms with van der Waals surface area (Å²) < 4.78 is 38.8. The fraction of sp³-hybridized carbons (Fsp3) is 0.429. The molecule has 0 radical (unpaired) electrons. The molecule has 0 saturated carbocycles. The number of aromatic nitrogens is 2. The number of methoxy groups -OCH3 is 1. The molecule has 22 heavy (non-hydrogen) atoms. The summed E-state index contributed by atoms with van der Waals surface area (Å²) in [7, 11) is 1.62. The zero-order valence-electron chi connectivity index (χ0n) is 12.3. The van der Waals surface area contributed by atoms with E-state index in [9.17, 15) is 8.78 Å². The molecule has 0 atom stereocenters. The van der Waals surface area contributed by atoms with Crippen LogP contribution in [-0.2, 0) is 11.2 Å². The number of halogens is 2. The van der Waals surface area contributed by atoms with E-state index in [2.05, 4.69) is 14.7 Å². The molecule has 1 heterocycles. The first-order chi connectivity index (χ1) is 10.6. The predicted molar refractivity (Wildman–Crippen MR) is 81.4 cm³/mol. The van der Waals surface area contributed by atoms with Crippen molar-refractivity contribution in [2.45, 2.75) is 19.8 Å². The van der Waals surface area contributed by atoms with Gasteiger partial charge in [0.25, 0.3) is 6.43 Å². The quantitative estimate of drug-likeness (QED) is 0.804. The van der Waals surface area contributed by atoms with Gasteiger partial charge in [-0.15, -0.1) is 0 Å². The molecule has 8 heteroatoms. The summed E-state index contributed by atoms with van der Waals surface area (Å²) in [5, 5.41) is 3.73. The molecule has 0 bridgehead atoms. The Morgan fingerprint density at radius 2 is 2.18 bits per heavy atom. The summed E-state index contributed by atoms with van der Waals surface area (Å²) >= 11 is 1.23. The van der Waals surface area contributed by atoms with Crippen molar-refractivity contribution in [3.63, 3.8) is 0 Å². The van der Waals surface area contributed by atoms with Crippen molar-refractivity contribution in [1.82, 2.24) is 9.36 Å². The first-order valence-corrected chi connectivity index (χ1v) is 7.46. The number of nitrogens with one attached hydrogen (secondary N) is 1. The average molecular weight is 329 g/mol. The largest absolute Gasteiger partial charge is 0.487 e. The van der Waals surface area contributed by atoms with Crippen molar-refractivity contribution in [2.24, 2.45) is 0 Å². The summed E-state index contributed by atoms with van der Waals surface area (Å²) in [6.45, 7) is 1.75. The lowest BCUT2D eigenvalue weighted by atomic mass is 10.2. The van der Waals surface area contributed by atoms with Gasteiger partial charge in [0.05, 0.1) is 6.61 Å². The van der Waals surface area contributed by atoms with Crippen LogP contribution >= 0.6 is 11.5 Å². The fourth-order valence-electron chi connectivity index (χ4n) is 1.71. The van der Waals surface area contributed by atoms with Crippen LogP contribution in [0.25, 0.3) is 0 Å². The molecule has 0 fully saturated rings. The van der Waals surface area contributed by atoms with Crippen LogP contribution in [0.1, 0.15) is 11.4 Å². The minimum atomic E-state index is -2.50. The van der Waals surface area contributed by atoms with Crippen molar-refractivity contribution in [1.29, 1.82) is 0 Å². The van der Waals surface area contributed by atoms with Gasteiger partial charge in [-0.1, -0.05) is 6.07 Å². The number of anilines is 2. The first kappa shape index (κ1) is 16.6. The summed E-state index contributed by atoms with van der Waals surface area (Å²) in [6, 6.07) is 5.31. The maximum atomic E-state index is 12.2. The van der Waals surface area contributed by atoms with E-state index in [1.165, 1.54) is 11.5 Å². The molecule has 0 aliphatic carbocycles. The maximum absolute atomic E-state index is 12.2. The Bertz CT molecular complexity index is 608. The molecular formula is C14H17F2N3O2S. The van der Waals surface area contributed by atoms with Crippen LogP contribution in [0.3, 0.4) is 0 Å². The lowest BCUT2D eigenvalue weighted by molar-refractivity contribution is 0.0816. The van der Waals surface area contributed by atoms with Crippen LogP contribution in [0.4, 0.5) is 19.6 Å². The van der Waals surface area contributed by atoms with Crippen LogP contribution < -0.4 is 10.1 Å². The van der Waals surface area contributed by atoms with Gasteiger partial charge in [0.1, 0.15) is 18.2 Å². The van der Waals surface area contributed by atoms with E-state index >= 15 is 0 Å². The van der Waals surface area contributed by atoms with E-state index in [0.717, 1.165) is 5.56 Å². The number of hydrogen-bond acceptors (Lipinski definition) is 6. The van der Waals surface area contributed by atoms with Crippen molar-refractivity contribution in [3.8, 4) is 5.75 Å². The van der Waals surface area contributed by atoms with Crippen molar-refractivity contribution < 1.29 is 18.3 Å². The number of aryl methyl sites for hydroxylation is 1. The van der Waals surface area contributed by atoms with Gasteiger partial charge in [0.15, 0.2) is 0 Å². The Balaban J connectivity index is 2.02. The predicted octanol–water partition coefficient (Wildman–Crippen LogP) is 3.42. The van der Waals surface area contributed by atoms with Crippen LogP contribution in [0.5, 0.6) is 5.75 Å². The van der Waals surface area contributed by atoms with Crippen molar-refractivity contribution in [2.75, 3.05) is 25.6 Å². The zero-order chi connectivity index (χ0) is 15.9. The molecule has 0 spiro atoms. The first-order valence-electron chi connectivity index (χ1n) is 6.68. The van der Waals surface area contributed by atoms with Crippen molar-refractivity contribution >= 4 is 22.4 Å². The molecule has 1 aromatic heterocycles. The molecule has 120 valence electrons. The SMILES string of the molecule is COCCc1nsc(Nc2ccc(C)c(OCC(F)F)c2)n1. The number of benzene rings is 1. The lowest BCUT2D eigenvalue weighted by Crippen LogP contribution is -2.08. The highest BCUT2D eigenvalue weighted by molar-refractivity contribution is 7.09. The third-order valence-electron chi connectivity index (χ3n) is 2.80. The van der Waals surface area contributed by atoms with Gasteiger partial charge in [-0.05, 0) is 18.6 Å². The van der Waals surface area contributed by atoms with E-state index < -0.39 is 13.0 Å². The maximum Gasteiger partial charge on any atom is 0.272 e. The zero-order valence-corrected chi connectivity index (χ0v) is 13.1. The topological polar surface area (TPSA) is 56.3 Å². The average Bonchev–Trinajstić information content (AvgIpc) is 2.93. The number of nitrogens with zero attached hydrogens (tertiary/aromatic N) is 2. The van der Waals surface area contributed by atoms with E-state index in [1.54, 1.807) is 26.2 Å². The molecule has 0 unspecified atom stereocenters. The second-order valence-corrected chi connectivity index (χ2v) is 5.32. The lowest BCUT2D eigenvalue weighted by Gasteiger charge is -2.10. The van der Waals surface area contributed by atoms with E-state index in [-0.39, 0.29) is 0 Å². The Morgan fingerprint density at radius 1 is 1.36 bits per heavy atom. The highest BCUT2D eigenvalue weighted by atomic mass is 32.1. The van der Waals surface area contributed by atoms with Gasteiger partial charge in [-0.2, -0.15) is 4.37 Å². The van der Waals surface area contributed by atoms with Crippen LogP contribution in [0, 0.1) is 6.92 Å². The van der Waals surface area contributed by atoms with E-state index in [4.69, 9.17) is 9.47 Å². The molecule has 0 aliphatic heterocycles. The molecule has 5 nitrogen and oxygen atoms in total. The summed E-state index contributed by atoms with van der Waals surface area (Å²) in [4.78, 5) is 4.32. The van der Waals surface area contributed by atoms with E-state index in [1.807, 2.05) is 6.07 Å². The molecule has 2 aromatic rings. The smallest absolute Gasteiger partial charge is 0.272 e. The van der Waals surface area contributed by atoms with Gasteiger partial charge < -0.3 is 14.8 Å². The monoisotopic (exact) mass is 329 g/mol. The van der Waals surface area contributed by atoms with Gasteiger partial charge in [-0.3, -0.25) is 0 Å². The Kier molecular flexibility index (Phi) is 6.02. The standard InChI is InChI=1S/C14H17F2N3O2S/c1-9-3-4-10(7-11(9)21-8-12(15)16)17-14-18-13(19-22-14)5-6-20-2/h3-4,7,12H,5-6,8H2,1-2H3,(H,17,18,19). The third kappa shape index (κ3) is 4.88.